The minimum atomic E-state index is -0.737. The van der Waals surface area contributed by atoms with Crippen LogP contribution in [0.5, 0.6) is 0 Å². The van der Waals surface area contributed by atoms with E-state index in [9.17, 15) is 14.9 Å². The zero-order chi connectivity index (χ0) is 21.3. The molecule has 4 rings (SSSR count). The first-order chi connectivity index (χ1) is 14.4. The molecule has 0 aliphatic heterocycles. The summed E-state index contributed by atoms with van der Waals surface area (Å²) in [7, 11) is 0. The smallest absolute Gasteiger partial charge is 0.326 e. The van der Waals surface area contributed by atoms with Crippen molar-refractivity contribution in [2.24, 2.45) is 0 Å². The normalized spacial score (nSPS) is 12.1. The van der Waals surface area contributed by atoms with E-state index in [0.29, 0.717) is 5.56 Å². The zero-order valence-corrected chi connectivity index (χ0v) is 16.3. The number of aromatic nitrogens is 3. The molecule has 2 aromatic carbocycles. The van der Waals surface area contributed by atoms with Crippen LogP contribution in [-0.2, 0) is 16.1 Å². The Morgan fingerprint density at radius 1 is 1.20 bits per heavy atom. The lowest BCUT2D eigenvalue weighted by molar-refractivity contribution is -0.384. The number of aryl methyl sites for hydroxylation is 1. The van der Waals surface area contributed by atoms with Crippen molar-refractivity contribution in [1.82, 2.24) is 14.8 Å². The molecule has 0 saturated carbocycles. The highest BCUT2D eigenvalue weighted by Gasteiger charge is 2.20. The van der Waals surface area contributed by atoms with E-state index in [1.54, 1.807) is 6.92 Å². The number of nitro benzene ring substituents is 1. The van der Waals surface area contributed by atoms with Crippen molar-refractivity contribution in [2.45, 2.75) is 26.5 Å². The number of para-hydroxylation sites is 1. The molecule has 30 heavy (non-hydrogen) atoms. The van der Waals surface area contributed by atoms with Crippen LogP contribution >= 0.6 is 0 Å². The number of hydrogen-bond acceptors (Lipinski definition) is 7. The lowest BCUT2D eigenvalue weighted by atomic mass is 10.2. The van der Waals surface area contributed by atoms with Gasteiger partial charge in [-0.1, -0.05) is 18.2 Å². The van der Waals surface area contributed by atoms with Gasteiger partial charge in [0.1, 0.15) is 6.54 Å². The van der Waals surface area contributed by atoms with Gasteiger partial charge >= 0.3 is 5.97 Å². The Bertz CT molecular complexity index is 1230. The van der Waals surface area contributed by atoms with Gasteiger partial charge < -0.3 is 13.7 Å². The van der Waals surface area contributed by atoms with Crippen molar-refractivity contribution in [1.29, 1.82) is 0 Å². The molecule has 0 bridgehead atoms. The number of carbonyl (C=O) groups excluding carboxylic acids is 1. The van der Waals surface area contributed by atoms with Crippen LogP contribution in [0, 0.1) is 17.0 Å². The summed E-state index contributed by atoms with van der Waals surface area (Å²) in [4.78, 5) is 22.7. The molecule has 9 heteroatoms. The first kappa shape index (κ1) is 19.3. The fourth-order valence-corrected chi connectivity index (χ4v) is 3.21. The number of nitro groups is 1. The van der Waals surface area contributed by atoms with Crippen molar-refractivity contribution in [3.05, 3.63) is 76.3 Å². The van der Waals surface area contributed by atoms with E-state index in [2.05, 4.69) is 10.2 Å². The molecule has 1 unspecified atom stereocenters. The fraction of sp³-hybridized carbons (Fsp3) is 0.190. The Labute approximate surface area is 171 Å². The molecular formula is C21H18N4O5. The maximum Gasteiger partial charge on any atom is 0.326 e. The Kier molecular flexibility index (Phi) is 5.01. The predicted octanol–water partition coefficient (Wildman–Crippen LogP) is 4.21. The molecule has 0 fully saturated rings. The molecule has 2 aromatic heterocycles. The Hall–Kier alpha value is -4.01. The summed E-state index contributed by atoms with van der Waals surface area (Å²) in [5.74, 6) is -0.0946. The summed E-state index contributed by atoms with van der Waals surface area (Å²) in [5, 5.41) is 19.7. The summed E-state index contributed by atoms with van der Waals surface area (Å²) < 4.78 is 12.9. The van der Waals surface area contributed by atoms with Gasteiger partial charge in [-0.2, -0.15) is 0 Å². The van der Waals surface area contributed by atoms with Gasteiger partial charge in [-0.15, -0.1) is 10.2 Å². The van der Waals surface area contributed by atoms with Crippen LogP contribution < -0.4 is 0 Å². The first-order valence-corrected chi connectivity index (χ1v) is 9.25. The van der Waals surface area contributed by atoms with Gasteiger partial charge in [-0.25, -0.2) is 0 Å². The third-order valence-corrected chi connectivity index (χ3v) is 4.73. The lowest BCUT2D eigenvalue weighted by Gasteiger charge is -2.12. The van der Waals surface area contributed by atoms with E-state index in [0.717, 1.165) is 16.6 Å². The molecule has 0 radical (unpaired) electrons. The van der Waals surface area contributed by atoms with Gasteiger partial charge in [0.15, 0.2) is 6.10 Å². The van der Waals surface area contributed by atoms with Gasteiger partial charge in [-0.05, 0) is 43.5 Å². The highest BCUT2D eigenvalue weighted by Crippen LogP contribution is 2.25. The summed E-state index contributed by atoms with van der Waals surface area (Å²) in [6, 6.07) is 15.6. The van der Waals surface area contributed by atoms with Gasteiger partial charge in [-0.3, -0.25) is 14.9 Å². The average Bonchev–Trinajstić information content (AvgIpc) is 3.34. The first-order valence-electron chi connectivity index (χ1n) is 9.25. The van der Waals surface area contributed by atoms with Crippen LogP contribution in [0.1, 0.15) is 24.6 Å². The summed E-state index contributed by atoms with van der Waals surface area (Å²) in [6.07, 6.45) is -0.737. The quantitative estimate of drug-likeness (QED) is 0.268. The molecule has 0 aliphatic rings. The van der Waals surface area contributed by atoms with E-state index >= 15 is 0 Å². The van der Waals surface area contributed by atoms with Crippen LogP contribution in [0.4, 0.5) is 5.69 Å². The van der Waals surface area contributed by atoms with Crippen LogP contribution in [0.15, 0.2) is 59.0 Å². The van der Waals surface area contributed by atoms with Gasteiger partial charge in [0.25, 0.3) is 11.6 Å². The minimum Gasteiger partial charge on any atom is -0.451 e. The fourth-order valence-electron chi connectivity index (χ4n) is 3.21. The van der Waals surface area contributed by atoms with Gasteiger partial charge in [0, 0.05) is 28.9 Å². The number of rotatable bonds is 6. The van der Waals surface area contributed by atoms with Crippen molar-refractivity contribution in [3.8, 4) is 11.5 Å². The third kappa shape index (κ3) is 3.77. The maximum absolute atomic E-state index is 12.5. The summed E-state index contributed by atoms with van der Waals surface area (Å²) in [5.41, 5.74) is 2.41. The molecule has 0 N–H and O–H groups in total. The second kappa shape index (κ2) is 7.78. The number of non-ortho nitro benzene ring substituents is 1. The number of benzene rings is 2. The molecular weight excluding hydrogens is 388 g/mol. The molecule has 0 saturated heterocycles. The van der Waals surface area contributed by atoms with Crippen LogP contribution in [0.2, 0.25) is 0 Å². The number of nitrogens with zero attached hydrogens (tertiary/aromatic N) is 4. The third-order valence-electron chi connectivity index (χ3n) is 4.73. The van der Waals surface area contributed by atoms with Gasteiger partial charge in [0.2, 0.25) is 5.89 Å². The topological polar surface area (TPSA) is 113 Å². The van der Waals surface area contributed by atoms with Crippen molar-refractivity contribution < 1.29 is 18.9 Å². The van der Waals surface area contributed by atoms with Crippen molar-refractivity contribution in [2.75, 3.05) is 0 Å². The Balaban J connectivity index is 1.45. The maximum atomic E-state index is 12.5. The number of hydrogen-bond donors (Lipinski definition) is 0. The van der Waals surface area contributed by atoms with E-state index in [4.69, 9.17) is 9.15 Å². The van der Waals surface area contributed by atoms with Crippen LogP contribution in [0.3, 0.4) is 0 Å². The van der Waals surface area contributed by atoms with E-state index < -0.39 is 17.0 Å². The van der Waals surface area contributed by atoms with Gasteiger partial charge in [0.05, 0.1) is 4.92 Å². The molecule has 9 nitrogen and oxygen atoms in total. The Morgan fingerprint density at radius 2 is 1.93 bits per heavy atom. The Morgan fingerprint density at radius 3 is 2.67 bits per heavy atom. The molecule has 152 valence electrons. The molecule has 2 heterocycles. The predicted molar refractivity (Wildman–Crippen MR) is 108 cm³/mol. The zero-order valence-electron chi connectivity index (χ0n) is 16.3. The van der Waals surface area contributed by atoms with E-state index in [-0.39, 0.29) is 24.0 Å². The van der Waals surface area contributed by atoms with E-state index in [1.165, 1.54) is 24.3 Å². The van der Waals surface area contributed by atoms with Crippen LogP contribution in [-0.4, -0.2) is 25.7 Å². The van der Waals surface area contributed by atoms with Crippen LogP contribution in [0.25, 0.3) is 22.4 Å². The molecule has 4 aromatic rings. The molecule has 0 amide bonds. The molecule has 0 aliphatic carbocycles. The monoisotopic (exact) mass is 406 g/mol. The lowest BCUT2D eigenvalue weighted by Crippen LogP contribution is -2.16. The second-order valence-corrected chi connectivity index (χ2v) is 6.81. The SMILES string of the molecule is Cc1cc2ccccc2n1CC(=O)OC(C)c1nnc(-c2ccc([N+](=O)[O-])cc2)o1. The van der Waals surface area contributed by atoms with Crippen molar-refractivity contribution >= 4 is 22.6 Å². The number of esters is 1. The number of ether oxygens (including phenoxy) is 1. The average molecular weight is 406 g/mol. The molecule has 0 spiro atoms. The second-order valence-electron chi connectivity index (χ2n) is 6.81. The van der Waals surface area contributed by atoms with E-state index in [1.807, 2.05) is 41.8 Å². The highest BCUT2D eigenvalue weighted by atomic mass is 16.6. The molecule has 1 atom stereocenters. The minimum absolute atomic E-state index is 0.0337. The standard InChI is InChI=1S/C21H18N4O5/c1-13-11-16-5-3-4-6-18(16)24(13)12-19(26)29-14(2)20-22-23-21(30-20)15-7-9-17(10-8-15)25(27)28/h3-11,14H,12H2,1-2H3. The summed E-state index contributed by atoms with van der Waals surface area (Å²) in [6.45, 7) is 3.64. The number of fused-ring (bicyclic) bond motifs is 1. The van der Waals surface area contributed by atoms with Crippen molar-refractivity contribution in [3.63, 3.8) is 0 Å². The summed E-state index contributed by atoms with van der Waals surface area (Å²) >= 11 is 0. The largest absolute Gasteiger partial charge is 0.451 e. The number of carbonyl (C=O) groups is 1. The highest BCUT2D eigenvalue weighted by molar-refractivity contribution is 5.83.